The fraction of sp³-hybridized carbons (Fsp3) is 0.267. The number of benzene rings is 1. The fourth-order valence-corrected chi connectivity index (χ4v) is 2.35. The number of carbonyl (C=O) groups is 2. The van der Waals surface area contributed by atoms with E-state index in [1.165, 1.54) is 18.3 Å². The molecule has 1 aromatic carbocycles. The van der Waals surface area contributed by atoms with E-state index in [1.54, 1.807) is 23.6 Å². The van der Waals surface area contributed by atoms with Crippen LogP contribution in [-0.4, -0.2) is 23.3 Å². The van der Waals surface area contributed by atoms with Crippen LogP contribution in [-0.2, 0) is 0 Å². The first-order valence-corrected chi connectivity index (χ1v) is 7.48. The standard InChI is InChI=1S/C15H16N2O3S/c1-3-7-20-12-6-4-5-11(8-12)14(19)17-15-16-13(9-21-15)10(2)18/h4-6,8-9H,3,7H2,1-2H3,(H,16,17,19). The number of nitrogens with one attached hydrogen (secondary N) is 1. The van der Waals surface area contributed by atoms with Gasteiger partial charge in [0.25, 0.3) is 5.91 Å². The van der Waals surface area contributed by atoms with E-state index < -0.39 is 0 Å². The molecule has 0 saturated heterocycles. The summed E-state index contributed by atoms with van der Waals surface area (Å²) in [4.78, 5) is 27.4. The molecule has 0 aliphatic carbocycles. The van der Waals surface area contributed by atoms with Crippen LogP contribution in [0.5, 0.6) is 5.75 Å². The lowest BCUT2D eigenvalue weighted by Crippen LogP contribution is -2.12. The second kappa shape index (κ2) is 6.99. The van der Waals surface area contributed by atoms with E-state index in [-0.39, 0.29) is 11.7 Å². The normalized spacial score (nSPS) is 10.2. The second-order valence-corrected chi connectivity index (χ2v) is 5.28. The van der Waals surface area contributed by atoms with Crippen LogP contribution in [0.15, 0.2) is 29.6 Å². The second-order valence-electron chi connectivity index (χ2n) is 4.42. The highest BCUT2D eigenvalue weighted by Crippen LogP contribution is 2.18. The van der Waals surface area contributed by atoms with Crippen molar-refractivity contribution in [2.24, 2.45) is 0 Å². The molecule has 110 valence electrons. The molecular weight excluding hydrogens is 288 g/mol. The molecule has 0 fully saturated rings. The molecule has 0 aliphatic rings. The molecule has 2 aromatic rings. The van der Waals surface area contributed by atoms with Gasteiger partial charge in [-0.25, -0.2) is 4.98 Å². The Balaban J connectivity index is 2.06. The molecule has 21 heavy (non-hydrogen) atoms. The maximum atomic E-state index is 12.1. The summed E-state index contributed by atoms with van der Waals surface area (Å²) in [5, 5.41) is 4.71. The number of hydrogen-bond donors (Lipinski definition) is 1. The molecule has 5 nitrogen and oxygen atoms in total. The smallest absolute Gasteiger partial charge is 0.257 e. The Morgan fingerprint density at radius 2 is 2.19 bits per heavy atom. The Kier molecular flexibility index (Phi) is 5.05. The molecule has 0 unspecified atom stereocenters. The maximum absolute atomic E-state index is 12.1. The molecule has 2 rings (SSSR count). The van der Waals surface area contributed by atoms with Gasteiger partial charge in [-0.2, -0.15) is 0 Å². The monoisotopic (exact) mass is 304 g/mol. The number of carbonyl (C=O) groups excluding carboxylic acids is 2. The lowest BCUT2D eigenvalue weighted by Gasteiger charge is -2.06. The molecule has 0 spiro atoms. The van der Waals surface area contributed by atoms with Gasteiger partial charge in [-0.05, 0) is 24.6 Å². The van der Waals surface area contributed by atoms with Crippen molar-refractivity contribution in [1.29, 1.82) is 0 Å². The molecule has 0 atom stereocenters. The molecular formula is C15H16N2O3S. The summed E-state index contributed by atoms with van der Waals surface area (Å²) in [5.41, 5.74) is 0.846. The molecule has 1 amide bonds. The predicted molar refractivity (Wildman–Crippen MR) is 82.3 cm³/mol. The number of thiazole rings is 1. The third-order valence-corrected chi connectivity index (χ3v) is 3.41. The first kappa shape index (κ1) is 15.2. The van der Waals surface area contributed by atoms with Gasteiger partial charge in [-0.15, -0.1) is 11.3 Å². The minimum Gasteiger partial charge on any atom is -0.494 e. The van der Waals surface area contributed by atoms with Crippen molar-refractivity contribution in [2.45, 2.75) is 20.3 Å². The zero-order valence-corrected chi connectivity index (χ0v) is 12.7. The summed E-state index contributed by atoms with van der Waals surface area (Å²) >= 11 is 1.22. The van der Waals surface area contributed by atoms with Gasteiger partial charge >= 0.3 is 0 Å². The predicted octanol–water partition coefficient (Wildman–Crippen LogP) is 3.39. The molecule has 1 aromatic heterocycles. The van der Waals surface area contributed by atoms with Crippen molar-refractivity contribution in [2.75, 3.05) is 11.9 Å². The van der Waals surface area contributed by atoms with Gasteiger partial charge in [-0.3, -0.25) is 14.9 Å². The van der Waals surface area contributed by atoms with E-state index in [0.29, 0.717) is 28.7 Å². The lowest BCUT2D eigenvalue weighted by molar-refractivity contribution is 0.100. The van der Waals surface area contributed by atoms with Gasteiger partial charge in [0.2, 0.25) is 0 Å². The number of anilines is 1. The summed E-state index contributed by atoms with van der Waals surface area (Å²) in [6.45, 7) is 4.07. The molecule has 6 heteroatoms. The van der Waals surface area contributed by atoms with E-state index in [9.17, 15) is 9.59 Å². The topological polar surface area (TPSA) is 68.3 Å². The minimum absolute atomic E-state index is 0.123. The first-order valence-electron chi connectivity index (χ1n) is 6.61. The van der Waals surface area contributed by atoms with Gasteiger partial charge in [0.15, 0.2) is 10.9 Å². The molecule has 0 radical (unpaired) electrons. The third-order valence-electron chi connectivity index (χ3n) is 2.65. The molecule has 0 aliphatic heterocycles. The van der Waals surface area contributed by atoms with Gasteiger partial charge in [0.1, 0.15) is 11.4 Å². The zero-order chi connectivity index (χ0) is 15.2. The summed E-state index contributed by atoms with van der Waals surface area (Å²) in [7, 11) is 0. The highest BCUT2D eigenvalue weighted by atomic mass is 32.1. The van der Waals surface area contributed by atoms with Crippen LogP contribution in [0.3, 0.4) is 0 Å². The summed E-state index contributed by atoms with van der Waals surface area (Å²) in [6.07, 6.45) is 0.906. The summed E-state index contributed by atoms with van der Waals surface area (Å²) in [6, 6.07) is 6.96. The Hall–Kier alpha value is -2.21. The van der Waals surface area contributed by atoms with Crippen molar-refractivity contribution in [3.63, 3.8) is 0 Å². The van der Waals surface area contributed by atoms with E-state index in [4.69, 9.17) is 4.74 Å². The third kappa shape index (κ3) is 4.13. The summed E-state index contributed by atoms with van der Waals surface area (Å²) < 4.78 is 5.49. The quantitative estimate of drug-likeness (QED) is 0.831. The number of ether oxygens (including phenoxy) is 1. The average Bonchev–Trinajstić information content (AvgIpc) is 2.94. The van der Waals surface area contributed by atoms with Crippen LogP contribution in [0.2, 0.25) is 0 Å². The zero-order valence-electron chi connectivity index (χ0n) is 11.9. The lowest BCUT2D eigenvalue weighted by atomic mass is 10.2. The fourth-order valence-electron chi connectivity index (χ4n) is 1.61. The summed E-state index contributed by atoms with van der Waals surface area (Å²) in [5.74, 6) is 0.260. The highest BCUT2D eigenvalue weighted by molar-refractivity contribution is 7.14. The number of rotatable bonds is 6. The SMILES string of the molecule is CCCOc1cccc(C(=O)Nc2nc(C(C)=O)cs2)c1. The van der Waals surface area contributed by atoms with E-state index >= 15 is 0 Å². The Labute approximate surface area is 127 Å². The van der Waals surface area contributed by atoms with Crippen LogP contribution in [0.1, 0.15) is 41.1 Å². The number of aromatic nitrogens is 1. The number of ketones is 1. The average molecular weight is 304 g/mol. The minimum atomic E-state index is -0.276. The highest BCUT2D eigenvalue weighted by Gasteiger charge is 2.11. The number of amides is 1. The Morgan fingerprint density at radius 3 is 2.86 bits per heavy atom. The van der Waals surface area contributed by atoms with Crippen molar-refractivity contribution >= 4 is 28.2 Å². The number of Topliss-reactive ketones (excluding diaryl/α,β-unsaturated/α-hetero) is 1. The van der Waals surface area contributed by atoms with Crippen molar-refractivity contribution in [3.05, 3.63) is 40.9 Å². The maximum Gasteiger partial charge on any atom is 0.257 e. The van der Waals surface area contributed by atoms with Gasteiger partial charge < -0.3 is 4.74 Å². The van der Waals surface area contributed by atoms with Gasteiger partial charge in [0, 0.05) is 17.9 Å². The molecule has 1 heterocycles. The number of nitrogens with zero attached hydrogens (tertiary/aromatic N) is 1. The number of hydrogen-bond acceptors (Lipinski definition) is 5. The van der Waals surface area contributed by atoms with Gasteiger partial charge in [0.05, 0.1) is 6.61 Å². The Morgan fingerprint density at radius 1 is 1.38 bits per heavy atom. The van der Waals surface area contributed by atoms with Gasteiger partial charge in [-0.1, -0.05) is 13.0 Å². The van der Waals surface area contributed by atoms with Crippen LogP contribution in [0.4, 0.5) is 5.13 Å². The van der Waals surface area contributed by atoms with Crippen LogP contribution in [0, 0.1) is 0 Å². The van der Waals surface area contributed by atoms with Crippen molar-refractivity contribution in [1.82, 2.24) is 4.98 Å². The molecule has 0 bridgehead atoms. The largest absolute Gasteiger partial charge is 0.494 e. The van der Waals surface area contributed by atoms with Crippen LogP contribution >= 0.6 is 11.3 Å². The van der Waals surface area contributed by atoms with Crippen molar-refractivity contribution in [3.8, 4) is 5.75 Å². The van der Waals surface area contributed by atoms with Crippen LogP contribution < -0.4 is 10.1 Å². The first-order chi connectivity index (χ1) is 10.1. The van der Waals surface area contributed by atoms with E-state index in [0.717, 1.165) is 6.42 Å². The molecule has 0 saturated carbocycles. The van der Waals surface area contributed by atoms with Crippen LogP contribution in [0.25, 0.3) is 0 Å². The molecule has 1 N–H and O–H groups in total. The Bertz CT molecular complexity index is 652. The van der Waals surface area contributed by atoms with Crippen molar-refractivity contribution < 1.29 is 14.3 Å². The van der Waals surface area contributed by atoms with E-state index in [2.05, 4.69) is 10.3 Å². The van der Waals surface area contributed by atoms with E-state index in [1.807, 2.05) is 13.0 Å².